The third-order valence-corrected chi connectivity index (χ3v) is 6.64. The Labute approximate surface area is 145 Å². The number of carboxylic acids is 1. The number of rotatable bonds is 13. The molecule has 0 spiro atoms. The number of hydrogen-bond donors (Lipinski definition) is 2. The molecule has 0 saturated heterocycles. The van der Waals surface area contributed by atoms with E-state index in [0.717, 1.165) is 24.6 Å². The summed E-state index contributed by atoms with van der Waals surface area (Å²) in [5.41, 5.74) is 1.12. The lowest BCUT2D eigenvalue weighted by Gasteiger charge is -2.28. The highest BCUT2D eigenvalue weighted by atomic mass is 28.4. The maximum atomic E-state index is 11.2. The van der Waals surface area contributed by atoms with E-state index in [9.17, 15) is 9.90 Å². The minimum absolute atomic E-state index is 0.340. The van der Waals surface area contributed by atoms with Crippen molar-refractivity contribution in [3.05, 3.63) is 35.4 Å². The van der Waals surface area contributed by atoms with Crippen molar-refractivity contribution < 1.29 is 23.2 Å². The predicted molar refractivity (Wildman–Crippen MR) is 95.2 cm³/mol. The second-order valence-electron chi connectivity index (χ2n) is 5.22. The molecule has 0 saturated carbocycles. The third kappa shape index (κ3) is 6.70. The monoisotopic (exact) mass is 355 g/mol. The van der Waals surface area contributed by atoms with Crippen molar-refractivity contribution in [2.24, 2.45) is 0 Å². The fraction of sp³-hybridized carbons (Fsp3) is 0.588. The molecule has 0 aliphatic rings. The number of carboxylic acid groups (broad SMARTS) is 1. The number of hydrogen-bond acceptors (Lipinski definition) is 5. The SMILES string of the molecule is CCO[Si](CCCNCc1ccccc1C(=O)O)(OCC)OCC. The quantitative estimate of drug-likeness (QED) is 0.418. The smallest absolute Gasteiger partial charge is 0.478 e. The van der Waals surface area contributed by atoms with Gasteiger partial charge in [-0.3, -0.25) is 0 Å². The molecule has 0 heterocycles. The van der Waals surface area contributed by atoms with Gasteiger partial charge in [0.1, 0.15) is 0 Å². The third-order valence-electron chi connectivity index (χ3n) is 3.49. The molecular weight excluding hydrogens is 326 g/mol. The molecule has 0 aliphatic carbocycles. The van der Waals surface area contributed by atoms with Gasteiger partial charge in [0.05, 0.1) is 5.56 Å². The van der Waals surface area contributed by atoms with Gasteiger partial charge >= 0.3 is 14.8 Å². The van der Waals surface area contributed by atoms with Gasteiger partial charge in [0.2, 0.25) is 0 Å². The summed E-state index contributed by atoms with van der Waals surface area (Å²) in [7, 11) is -2.59. The van der Waals surface area contributed by atoms with Gasteiger partial charge in [-0.05, 0) is 45.4 Å². The lowest BCUT2D eigenvalue weighted by atomic mass is 10.1. The molecule has 0 amide bonds. The van der Waals surface area contributed by atoms with Gasteiger partial charge in [0, 0.05) is 32.4 Å². The van der Waals surface area contributed by atoms with E-state index in [4.69, 9.17) is 13.3 Å². The van der Waals surface area contributed by atoms with Crippen LogP contribution >= 0.6 is 0 Å². The van der Waals surface area contributed by atoms with Gasteiger partial charge in [-0.2, -0.15) is 0 Å². The highest BCUT2D eigenvalue weighted by Crippen LogP contribution is 2.18. The largest absolute Gasteiger partial charge is 0.500 e. The zero-order valence-corrected chi connectivity index (χ0v) is 15.8. The Morgan fingerprint density at radius 2 is 1.67 bits per heavy atom. The normalized spacial score (nSPS) is 11.6. The molecule has 136 valence electrons. The van der Waals surface area contributed by atoms with Crippen molar-refractivity contribution in [3.63, 3.8) is 0 Å². The van der Waals surface area contributed by atoms with Crippen LogP contribution < -0.4 is 5.32 Å². The average Bonchev–Trinajstić information content (AvgIpc) is 2.55. The molecule has 0 radical (unpaired) electrons. The Morgan fingerprint density at radius 1 is 1.08 bits per heavy atom. The second kappa shape index (κ2) is 11.3. The van der Waals surface area contributed by atoms with Crippen LogP contribution in [0, 0.1) is 0 Å². The molecule has 0 aliphatic heterocycles. The van der Waals surface area contributed by atoms with Crippen LogP contribution in [0.25, 0.3) is 0 Å². The van der Waals surface area contributed by atoms with Crippen molar-refractivity contribution in [1.29, 1.82) is 0 Å². The first kappa shape index (κ1) is 20.8. The van der Waals surface area contributed by atoms with Gasteiger partial charge in [-0.25, -0.2) is 4.79 Å². The molecule has 24 heavy (non-hydrogen) atoms. The van der Waals surface area contributed by atoms with Crippen molar-refractivity contribution >= 4 is 14.8 Å². The first-order valence-corrected chi connectivity index (χ1v) is 10.5. The van der Waals surface area contributed by atoms with E-state index < -0.39 is 14.8 Å². The van der Waals surface area contributed by atoms with Crippen molar-refractivity contribution in [2.75, 3.05) is 26.4 Å². The molecule has 0 fully saturated rings. The fourth-order valence-corrected chi connectivity index (χ4v) is 5.15. The Kier molecular flexibility index (Phi) is 9.81. The Morgan fingerprint density at radius 3 is 2.21 bits per heavy atom. The maximum Gasteiger partial charge on any atom is 0.500 e. The lowest BCUT2D eigenvalue weighted by Crippen LogP contribution is -2.46. The Bertz CT molecular complexity index is 481. The zero-order valence-electron chi connectivity index (χ0n) is 14.8. The molecule has 0 atom stereocenters. The summed E-state index contributed by atoms with van der Waals surface area (Å²) >= 11 is 0. The van der Waals surface area contributed by atoms with E-state index in [1.807, 2.05) is 32.9 Å². The van der Waals surface area contributed by atoms with E-state index >= 15 is 0 Å². The van der Waals surface area contributed by atoms with Crippen molar-refractivity contribution in [3.8, 4) is 0 Å². The topological polar surface area (TPSA) is 77.0 Å². The first-order chi connectivity index (χ1) is 11.6. The van der Waals surface area contributed by atoms with Crippen LogP contribution in [0.1, 0.15) is 43.1 Å². The molecule has 1 rings (SSSR count). The lowest BCUT2D eigenvalue weighted by molar-refractivity contribution is 0.0692. The molecule has 0 aromatic heterocycles. The highest BCUT2D eigenvalue weighted by Gasteiger charge is 2.39. The fourth-order valence-electron chi connectivity index (χ4n) is 2.54. The number of benzene rings is 1. The minimum atomic E-state index is -2.59. The second-order valence-corrected chi connectivity index (χ2v) is 7.96. The summed E-state index contributed by atoms with van der Waals surface area (Å²) in [5.74, 6) is -0.900. The molecule has 0 unspecified atom stereocenters. The van der Waals surface area contributed by atoms with Gasteiger partial charge < -0.3 is 23.7 Å². The van der Waals surface area contributed by atoms with Crippen molar-refractivity contribution in [2.45, 2.75) is 39.8 Å². The molecule has 1 aromatic carbocycles. The molecule has 0 bridgehead atoms. The van der Waals surface area contributed by atoms with Crippen LogP contribution in [-0.4, -0.2) is 46.2 Å². The maximum absolute atomic E-state index is 11.2. The van der Waals surface area contributed by atoms with Crippen LogP contribution in [0.5, 0.6) is 0 Å². The summed E-state index contributed by atoms with van der Waals surface area (Å²) in [6.45, 7) is 8.83. The molecule has 1 aromatic rings. The van der Waals surface area contributed by atoms with Gasteiger partial charge in [0.25, 0.3) is 0 Å². The summed E-state index contributed by atoms with van der Waals surface area (Å²) in [6, 6.07) is 7.78. The first-order valence-electron chi connectivity index (χ1n) is 8.52. The summed E-state index contributed by atoms with van der Waals surface area (Å²) in [6.07, 6.45) is 0.849. The van der Waals surface area contributed by atoms with E-state index in [1.54, 1.807) is 12.1 Å². The zero-order chi connectivity index (χ0) is 17.8. The molecule has 6 nitrogen and oxygen atoms in total. The number of aromatic carboxylic acids is 1. The standard InChI is InChI=1S/C17H29NO5Si/c1-4-21-24(22-5-2,23-6-3)13-9-12-18-14-15-10-7-8-11-16(15)17(19)20/h7-8,10-11,18H,4-6,9,12-14H2,1-3H3,(H,19,20). The van der Waals surface area contributed by atoms with E-state index in [1.165, 1.54) is 0 Å². The van der Waals surface area contributed by atoms with Crippen LogP contribution in [0.15, 0.2) is 24.3 Å². The summed E-state index contributed by atoms with van der Waals surface area (Å²) in [4.78, 5) is 11.2. The number of nitrogens with one attached hydrogen (secondary N) is 1. The van der Waals surface area contributed by atoms with Gasteiger partial charge in [-0.15, -0.1) is 0 Å². The molecular formula is C17H29NO5Si. The Balaban J connectivity index is 2.47. The van der Waals surface area contributed by atoms with E-state index in [0.29, 0.717) is 31.9 Å². The Hall–Kier alpha value is -1.25. The minimum Gasteiger partial charge on any atom is -0.478 e. The van der Waals surface area contributed by atoms with Crippen LogP contribution in [0.2, 0.25) is 6.04 Å². The predicted octanol–water partition coefficient (Wildman–Crippen LogP) is 2.91. The van der Waals surface area contributed by atoms with E-state index in [2.05, 4.69) is 5.32 Å². The highest BCUT2D eigenvalue weighted by molar-refractivity contribution is 6.60. The molecule has 7 heteroatoms. The van der Waals surface area contributed by atoms with Crippen LogP contribution in [-0.2, 0) is 19.8 Å². The van der Waals surface area contributed by atoms with E-state index in [-0.39, 0.29) is 0 Å². The van der Waals surface area contributed by atoms with Crippen molar-refractivity contribution in [1.82, 2.24) is 5.32 Å². The van der Waals surface area contributed by atoms with Gasteiger partial charge in [-0.1, -0.05) is 18.2 Å². The van der Waals surface area contributed by atoms with Crippen LogP contribution in [0.4, 0.5) is 0 Å². The molecule has 2 N–H and O–H groups in total. The summed E-state index contributed by atoms with van der Waals surface area (Å²) in [5, 5.41) is 12.5. The average molecular weight is 356 g/mol. The summed E-state index contributed by atoms with van der Waals surface area (Å²) < 4.78 is 17.4. The van der Waals surface area contributed by atoms with Crippen LogP contribution in [0.3, 0.4) is 0 Å². The van der Waals surface area contributed by atoms with Gasteiger partial charge in [0.15, 0.2) is 0 Å². The number of carbonyl (C=O) groups is 1.